The third-order valence-electron chi connectivity index (χ3n) is 4.80. The van der Waals surface area contributed by atoms with Gasteiger partial charge in [-0.1, -0.05) is 19.3 Å². The minimum Gasteiger partial charge on any atom is -0.329 e. The van der Waals surface area contributed by atoms with Crippen LogP contribution in [0.4, 0.5) is 0 Å². The highest BCUT2D eigenvalue weighted by atomic mass is 15.2. The highest BCUT2D eigenvalue weighted by molar-refractivity contribution is 5.01. The third kappa shape index (κ3) is 2.21. The first kappa shape index (κ1) is 11.4. The fourth-order valence-corrected chi connectivity index (χ4v) is 3.19. The maximum atomic E-state index is 6.01. The Hall–Kier alpha value is -0.0800. The molecule has 0 aromatic rings. The summed E-state index contributed by atoms with van der Waals surface area (Å²) in [5.74, 6) is 0.870. The van der Waals surface area contributed by atoms with Crippen LogP contribution >= 0.6 is 0 Å². The van der Waals surface area contributed by atoms with Gasteiger partial charge in [0.15, 0.2) is 0 Å². The van der Waals surface area contributed by atoms with Gasteiger partial charge in [0.05, 0.1) is 0 Å². The van der Waals surface area contributed by atoms with E-state index < -0.39 is 0 Å². The molecule has 2 aliphatic rings. The molecule has 2 N–H and O–H groups in total. The van der Waals surface area contributed by atoms with Crippen LogP contribution in [0.5, 0.6) is 0 Å². The van der Waals surface area contributed by atoms with Crippen molar-refractivity contribution >= 4 is 0 Å². The third-order valence-corrected chi connectivity index (χ3v) is 4.80. The number of hydrogen-bond acceptors (Lipinski definition) is 2. The predicted octanol–water partition coefficient (Wildman–Crippen LogP) is 2.38. The smallest absolute Gasteiger partial charge is 0.0331 e. The summed E-state index contributed by atoms with van der Waals surface area (Å²) >= 11 is 0. The zero-order valence-electron chi connectivity index (χ0n) is 10.3. The fraction of sp³-hybridized carbons (Fsp3) is 1.00. The molecule has 0 bridgehead atoms. The second-order valence-corrected chi connectivity index (χ2v) is 5.74. The van der Waals surface area contributed by atoms with Gasteiger partial charge in [-0.3, -0.25) is 4.90 Å². The van der Waals surface area contributed by atoms with E-state index in [-0.39, 0.29) is 5.54 Å². The molecular formula is C13H26N2. The monoisotopic (exact) mass is 210 g/mol. The van der Waals surface area contributed by atoms with Gasteiger partial charge in [0.2, 0.25) is 0 Å². The molecule has 2 aliphatic carbocycles. The van der Waals surface area contributed by atoms with E-state index in [0.717, 1.165) is 18.5 Å². The van der Waals surface area contributed by atoms with E-state index in [1.54, 1.807) is 0 Å². The number of hydrogen-bond donors (Lipinski definition) is 1. The van der Waals surface area contributed by atoms with Gasteiger partial charge >= 0.3 is 0 Å². The first-order valence-electron chi connectivity index (χ1n) is 6.61. The zero-order chi connectivity index (χ0) is 10.9. The van der Waals surface area contributed by atoms with Crippen molar-refractivity contribution in [2.45, 2.75) is 63.5 Å². The molecule has 2 heteroatoms. The van der Waals surface area contributed by atoms with Gasteiger partial charge in [-0.2, -0.15) is 0 Å². The molecule has 2 rings (SSSR count). The normalized spacial score (nSPS) is 28.0. The van der Waals surface area contributed by atoms with Crippen LogP contribution < -0.4 is 5.73 Å². The molecule has 2 fully saturated rings. The predicted molar refractivity (Wildman–Crippen MR) is 64.8 cm³/mol. The second-order valence-electron chi connectivity index (χ2n) is 5.74. The average molecular weight is 210 g/mol. The number of nitrogens with two attached hydrogens (primary N) is 1. The van der Waals surface area contributed by atoms with Crippen LogP contribution in [0.25, 0.3) is 0 Å². The largest absolute Gasteiger partial charge is 0.329 e. The molecule has 0 aromatic heterocycles. The summed E-state index contributed by atoms with van der Waals surface area (Å²) in [6.45, 7) is 3.20. The number of nitrogens with zero attached hydrogens (tertiary/aromatic N) is 1. The van der Waals surface area contributed by atoms with E-state index in [4.69, 9.17) is 5.73 Å². The quantitative estimate of drug-likeness (QED) is 0.772. The topological polar surface area (TPSA) is 29.3 Å². The van der Waals surface area contributed by atoms with E-state index in [2.05, 4.69) is 18.9 Å². The lowest BCUT2D eigenvalue weighted by molar-refractivity contribution is 0.0540. The molecule has 88 valence electrons. The summed E-state index contributed by atoms with van der Waals surface area (Å²) in [5, 5.41) is 0. The molecule has 1 atom stereocenters. The van der Waals surface area contributed by atoms with Crippen molar-refractivity contribution in [1.82, 2.24) is 4.90 Å². The Bertz CT molecular complexity index is 207. The SMILES string of the molecule is CN(C1CCCCC1)C(C)(CN)C1CC1. The van der Waals surface area contributed by atoms with Gasteiger partial charge in [-0.25, -0.2) is 0 Å². The fourth-order valence-electron chi connectivity index (χ4n) is 3.19. The highest BCUT2D eigenvalue weighted by Crippen LogP contribution is 2.43. The van der Waals surface area contributed by atoms with Crippen LogP contribution in [0.15, 0.2) is 0 Å². The van der Waals surface area contributed by atoms with Gasteiger partial charge in [-0.15, -0.1) is 0 Å². The van der Waals surface area contributed by atoms with Crippen molar-refractivity contribution < 1.29 is 0 Å². The van der Waals surface area contributed by atoms with Crippen LogP contribution in [0.2, 0.25) is 0 Å². The molecule has 15 heavy (non-hydrogen) atoms. The van der Waals surface area contributed by atoms with E-state index in [9.17, 15) is 0 Å². The Morgan fingerprint density at radius 1 is 1.13 bits per heavy atom. The molecule has 1 unspecified atom stereocenters. The summed E-state index contributed by atoms with van der Waals surface area (Å²) in [6, 6.07) is 0.799. The van der Waals surface area contributed by atoms with Gasteiger partial charge in [0.25, 0.3) is 0 Å². The molecule has 0 aliphatic heterocycles. The highest BCUT2D eigenvalue weighted by Gasteiger charge is 2.45. The van der Waals surface area contributed by atoms with E-state index >= 15 is 0 Å². The summed E-state index contributed by atoms with van der Waals surface area (Å²) in [7, 11) is 2.31. The Balaban J connectivity index is 1.99. The van der Waals surface area contributed by atoms with Crippen LogP contribution in [0.1, 0.15) is 51.9 Å². The molecular weight excluding hydrogens is 184 g/mol. The number of rotatable bonds is 4. The Morgan fingerprint density at radius 2 is 1.73 bits per heavy atom. The van der Waals surface area contributed by atoms with E-state index in [0.29, 0.717) is 0 Å². The minimum absolute atomic E-state index is 0.280. The first-order chi connectivity index (χ1) is 7.18. The molecule has 2 nitrogen and oxygen atoms in total. The van der Waals surface area contributed by atoms with E-state index in [1.807, 2.05) is 0 Å². The summed E-state index contributed by atoms with van der Waals surface area (Å²) in [4.78, 5) is 2.61. The van der Waals surface area contributed by atoms with Crippen molar-refractivity contribution in [3.63, 3.8) is 0 Å². The van der Waals surface area contributed by atoms with Crippen LogP contribution in [-0.4, -0.2) is 30.1 Å². The first-order valence-corrected chi connectivity index (χ1v) is 6.61. The Kier molecular flexibility index (Phi) is 3.36. The summed E-state index contributed by atoms with van der Waals surface area (Å²) in [6.07, 6.45) is 9.83. The Labute approximate surface area is 94.2 Å². The van der Waals surface area contributed by atoms with Gasteiger partial charge in [0.1, 0.15) is 0 Å². The molecule has 0 saturated heterocycles. The molecule has 0 radical (unpaired) electrons. The molecule has 0 heterocycles. The molecule has 0 amide bonds. The van der Waals surface area contributed by atoms with Crippen molar-refractivity contribution in [2.24, 2.45) is 11.7 Å². The van der Waals surface area contributed by atoms with Crippen molar-refractivity contribution in [3.05, 3.63) is 0 Å². The van der Waals surface area contributed by atoms with Crippen molar-refractivity contribution in [3.8, 4) is 0 Å². The van der Waals surface area contributed by atoms with Crippen molar-refractivity contribution in [2.75, 3.05) is 13.6 Å². The second kappa shape index (κ2) is 4.42. The minimum atomic E-state index is 0.280. The molecule has 0 spiro atoms. The lowest BCUT2D eigenvalue weighted by Gasteiger charge is -2.45. The van der Waals surface area contributed by atoms with Crippen molar-refractivity contribution in [1.29, 1.82) is 0 Å². The summed E-state index contributed by atoms with van der Waals surface area (Å²) in [5.41, 5.74) is 6.29. The lowest BCUT2D eigenvalue weighted by atomic mass is 9.87. The molecule has 2 saturated carbocycles. The molecule has 0 aromatic carbocycles. The van der Waals surface area contributed by atoms with Crippen LogP contribution in [0, 0.1) is 5.92 Å². The van der Waals surface area contributed by atoms with Gasteiger partial charge < -0.3 is 5.73 Å². The maximum Gasteiger partial charge on any atom is 0.0331 e. The zero-order valence-corrected chi connectivity index (χ0v) is 10.3. The van der Waals surface area contributed by atoms with Crippen LogP contribution in [-0.2, 0) is 0 Å². The summed E-state index contributed by atoms with van der Waals surface area (Å²) < 4.78 is 0. The van der Waals surface area contributed by atoms with Crippen LogP contribution in [0.3, 0.4) is 0 Å². The maximum absolute atomic E-state index is 6.01. The van der Waals surface area contributed by atoms with Gasteiger partial charge in [0, 0.05) is 18.1 Å². The van der Waals surface area contributed by atoms with Gasteiger partial charge in [-0.05, 0) is 45.6 Å². The van der Waals surface area contributed by atoms with E-state index in [1.165, 1.54) is 44.9 Å². The lowest BCUT2D eigenvalue weighted by Crippen LogP contribution is -2.55. The Morgan fingerprint density at radius 3 is 2.20 bits per heavy atom. The number of likely N-dealkylation sites (N-methyl/N-ethyl adjacent to an activating group) is 1. The standard InChI is InChI=1S/C13H26N2/c1-13(10-14,11-8-9-11)15(2)12-6-4-3-5-7-12/h11-12H,3-10,14H2,1-2H3. The average Bonchev–Trinajstić information content (AvgIpc) is 3.12.